The van der Waals surface area contributed by atoms with E-state index in [9.17, 15) is 4.79 Å². The highest BCUT2D eigenvalue weighted by atomic mass is 35.5. The van der Waals surface area contributed by atoms with Crippen LogP contribution in [0.4, 0.5) is 0 Å². The smallest absolute Gasteiger partial charge is 0.258 e. The highest BCUT2D eigenvalue weighted by molar-refractivity contribution is 6.30. The van der Waals surface area contributed by atoms with Gasteiger partial charge in [-0.25, -0.2) is 4.98 Å². The third-order valence-corrected chi connectivity index (χ3v) is 4.21. The summed E-state index contributed by atoms with van der Waals surface area (Å²) in [6.07, 6.45) is 5.36. The van der Waals surface area contributed by atoms with Gasteiger partial charge >= 0.3 is 0 Å². The lowest BCUT2D eigenvalue weighted by atomic mass is 10.0. The molecule has 5 heteroatoms. The van der Waals surface area contributed by atoms with Gasteiger partial charge in [-0.1, -0.05) is 18.0 Å². The molecule has 0 amide bonds. The summed E-state index contributed by atoms with van der Waals surface area (Å²) < 4.78 is 1.49. The number of nitrogens with zero attached hydrogens (tertiary/aromatic N) is 3. The van der Waals surface area contributed by atoms with Crippen molar-refractivity contribution in [3.8, 4) is 0 Å². The summed E-state index contributed by atoms with van der Waals surface area (Å²) >= 11 is 5.91. The van der Waals surface area contributed by atoms with E-state index in [1.807, 2.05) is 0 Å². The van der Waals surface area contributed by atoms with Crippen LogP contribution < -0.4 is 5.56 Å². The van der Waals surface area contributed by atoms with Crippen molar-refractivity contribution >= 4 is 17.2 Å². The van der Waals surface area contributed by atoms with Crippen LogP contribution in [-0.4, -0.2) is 26.9 Å². The molecule has 1 atom stereocenters. The minimum atomic E-state index is -0.0721. The Bertz CT molecular complexity index is 682. The molecular formula is C15H18ClN3O. The zero-order valence-corrected chi connectivity index (χ0v) is 12.3. The van der Waals surface area contributed by atoms with E-state index in [1.165, 1.54) is 23.7 Å². The third kappa shape index (κ3) is 2.72. The number of hydrogen-bond donors (Lipinski definition) is 0. The van der Waals surface area contributed by atoms with Crippen molar-refractivity contribution in [1.29, 1.82) is 0 Å². The Morgan fingerprint density at radius 3 is 3.05 bits per heavy atom. The van der Waals surface area contributed by atoms with Gasteiger partial charge in [0.15, 0.2) is 0 Å². The fourth-order valence-electron chi connectivity index (χ4n) is 2.81. The van der Waals surface area contributed by atoms with Crippen LogP contribution in [0.3, 0.4) is 0 Å². The first-order chi connectivity index (χ1) is 9.63. The van der Waals surface area contributed by atoms with Crippen LogP contribution in [-0.2, 0) is 6.54 Å². The zero-order valence-electron chi connectivity index (χ0n) is 11.6. The number of pyridine rings is 1. The maximum Gasteiger partial charge on any atom is 0.258 e. The summed E-state index contributed by atoms with van der Waals surface area (Å²) in [6, 6.07) is 5.72. The second-order valence-corrected chi connectivity index (χ2v) is 5.91. The fraction of sp³-hybridized carbons (Fsp3) is 0.467. The van der Waals surface area contributed by atoms with Gasteiger partial charge in [-0.05, 0) is 38.4 Å². The predicted octanol–water partition coefficient (Wildman–Crippen LogP) is 2.72. The summed E-state index contributed by atoms with van der Waals surface area (Å²) in [5, 5.41) is 0.541. The van der Waals surface area contributed by atoms with Crippen LogP contribution in [0.5, 0.6) is 0 Å². The number of fused-ring (bicyclic) bond motifs is 1. The third-order valence-electron chi connectivity index (χ3n) is 3.98. The van der Waals surface area contributed by atoms with E-state index < -0.39 is 0 Å². The molecule has 0 bridgehead atoms. The molecule has 3 heterocycles. The maximum absolute atomic E-state index is 12.1. The fourth-order valence-corrected chi connectivity index (χ4v) is 2.97. The van der Waals surface area contributed by atoms with Crippen LogP contribution in [0.15, 0.2) is 29.2 Å². The molecule has 0 radical (unpaired) electrons. The van der Waals surface area contributed by atoms with E-state index >= 15 is 0 Å². The highest BCUT2D eigenvalue weighted by Gasteiger charge is 2.19. The maximum atomic E-state index is 12.1. The van der Waals surface area contributed by atoms with Crippen LogP contribution in [0.1, 0.15) is 31.9 Å². The molecule has 0 unspecified atom stereocenters. The molecule has 1 fully saturated rings. The van der Waals surface area contributed by atoms with Gasteiger partial charge in [0.25, 0.3) is 5.56 Å². The standard InChI is InChI=1S/C15H18ClN3O/c1-11-4-2-3-7-18(11)10-13-8-15(20)19-9-12(16)5-6-14(19)17-13/h5-6,8-9,11H,2-4,7,10H2,1H3/t11-/m0/s1. The molecule has 106 valence electrons. The van der Waals surface area contributed by atoms with Crippen LogP contribution >= 0.6 is 11.6 Å². The van der Waals surface area contributed by atoms with E-state index in [4.69, 9.17) is 11.6 Å². The minimum absolute atomic E-state index is 0.0721. The van der Waals surface area contributed by atoms with Crippen LogP contribution in [0.2, 0.25) is 5.02 Å². The average molecular weight is 292 g/mol. The van der Waals surface area contributed by atoms with Gasteiger partial charge in [0.1, 0.15) is 5.65 Å². The molecule has 0 saturated carbocycles. The van der Waals surface area contributed by atoms with Crippen molar-refractivity contribution in [2.75, 3.05) is 6.54 Å². The van der Waals surface area contributed by atoms with Gasteiger partial charge in [0.2, 0.25) is 0 Å². The van der Waals surface area contributed by atoms with E-state index in [2.05, 4.69) is 16.8 Å². The second kappa shape index (κ2) is 5.54. The van der Waals surface area contributed by atoms with Crippen LogP contribution in [0, 0.1) is 0 Å². The number of hydrogen-bond acceptors (Lipinski definition) is 3. The molecule has 3 rings (SSSR count). The largest absolute Gasteiger partial charge is 0.295 e. The Labute approximate surface area is 123 Å². The van der Waals surface area contributed by atoms with Crippen molar-refractivity contribution < 1.29 is 0 Å². The molecule has 2 aromatic rings. The van der Waals surface area contributed by atoms with Crippen molar-refractivity contribution in [1.82, 2.24) is 14.3 Å². The number of likely N-dealkylation sites (tertiary alicyclic amines) is 1. The Hall–Kier alpha value is -1.39. The van der Waals surface area contributed by atoms with E-state index in [0.717, 1.165) is 18.8 Å². The van der Waals surface area contributed by atoms with E-state index in [-0.39, 0.29) is 5.56 Å². The number of halogens is 1. The van der Waals surface area contributed by atoms with Gasteiger partial charge in [0, 0.05) is 24.8 Å². The highest BCUT2D eigenvalue weighted by Crippen LogP contribution is 2.18. The Balaban J connectivity index is 1.92. The van der Waals surface area contributed by atoms with Gasteiger partial charge in [-0.3, -0.25) is 14.1 Å². The summed E-state index contributed by atoms with van der Waals surface area (Å²) in [5.74, 6) is 0. The second-order valence-electron chi connectivity index (χ2n) is 5.48. The first-order valence-electron chi connectivity index (χ1n) is 7.05. The summed E-state index contributed by atoms with van der Waals surface area (Å²) in [5.41, 5.74) is 1.42. The Morgan fingerprint density at radius 1 is 1.40 bits per heavy atom. The first-order valence-corrected chi connectivity index (χ1v) is 7.43. The monoisotopic (exact) mass is 291 g/mol. The Kier molecular flexibility index (Phi) is 3.76. The molecule has 0 spiro atoms. The number of piperidine rings is 1. The molecule has 1 aliphatic heterocycles. The van der Waals surface area contributed by atoms with Crippen molar-refractivity contribution in [2.45, 2.75) is 38.8 Å². The summed E-state index contributed by atoms with van der Waals surface area (Å²) in [6.45, 7) is 4.07. The molecule has 4 nitrogen and oxygen atoms in total. The predicted molar refractivity (Wildman–Crippen MR) is 80.2 cm³/mol. The normalized spacial score (nSPS) is 20.4. The summed E-state index contributed by atoms with van der Waals surface area (Å²) in [7, 11) is 0. The lowest BCUT2D eigenvalue weighted by Crippen LogP contribution is -2.37. The van der Waals surface area contributed by atoms with E-state index in [0.29, 0.717) is 16.7 Å². The molecule has 2 aromatic heterocycles. The molecular weight excluding hydrogens is 274 g/mol. The van der Waals surface area contributed by atoms with Crippen LogP contribution in [0.25, 0.3) is 5.65 Å². The van der Waals surface area contributed by atoms with Crippen molar-refractivity contribution in [2.24, 2.45) is 0 Å². The lowest BCUT2D eigenvalue weighted by molar-refractivity contribution is 0.151. The topological polar surface area (TPSA) is 37.6 Å². The molecule has 0 aromatic carbocycles. The first kappa shape index (κ1) is 13.6. The van der Waals surface area contributed by atoms with E-state index in [1.54, 1.807) is 24.4 Å². The number of rotatable bonds is 2. The van der Waals surface area contributed by atoms with Gasteiger partial charge in [-0.15, -0.1) is 0 Å². The number of aromatic nitrogens is 2. The SMILES string of the molecule is C[C@H]1CCCCN1Cc1cc(=O)n2cc(Cl)ccc2n1. The zero-order chi connectivity index (χ0) is 14.1. The van der Waals surface area contributed by atoms with Gasteiger partial charge in [-0.2, -0.15) is 0 Å². The molecule has 1 saturated heterocycles. The quantitative estimate of drug-likeness (QED) is 0.854. The van der Waals surface area contributed by atoms with Gasteiger partial charge in [0.05, 0.1) is 10.7 Å². The molecule has 20 heavy (non-hydrogen) atoms. The Morgan fingerprint density at radius 2 is 2.25 bits per heavy atom. The molecule has 0 N–H and O–H groups in total. The molecule has 0 aliphatic carbocycles. The van der Waals surface area contributed by atoms with Crippen molar-refractivity contribution in [3.63, 3.8) is 0 Å². The molecule has 1 aliphatic rings. The summed E-state index contributed by atoms with van der Waals surface area (Å²) in [4.78, 5) is 19.1. The lowest BCUT2D eigenvalue weighted by Gasteiger charge is -2.32. The van der Waals surface area contributed by atoms with Gasteiger partial charge < -0.3 is 0 Å². The average Bonchev–Trinajstić information content (AvgIpc) is 2.42. The van der Waals surface area contributed by atoms with Crippen molar-refractivity contribution in [3.05, 3.63) is 45.5 Å². The minimum Gasteiger partial charge on any atom is -0.295 e.